The van der Waals surface area contributed by atoms with Gasteiger partial charge >= 0.3 is 0 Å². The fourth-order valence-electron chi connectivity index (χ4n) is 8.68. The Morgan fingerprint density at radius 3 is 1.53 bits per heavy atom. The first-order valence-electron chi connectivity index (χ1n) is 20.3. The van der Waals surface area contributed by atoms with Crippen LogP contribution >= 0.6 is 0 Å². The van der Waals surface area contributed by atoms with E-state index in [1.807, 2.05) is 0 Å². The van der Waals surface area contributed by atoms with Gasteiger partial charge in [-0.2, -0.15) is 0 Å². The molecule has 0 spiro atoms. The van der Waals surface area contributed by atoms with E-state index in [1.165, 1.54) is 55.1 Å². The highest BCUT2D eigenvalue weighted by atomic mass is 16.3. The fraction of sp³-hybridized carbons (Fsp3) is 0.0175. The molecule has 0 aliphatic heterocycles. The number of rotatable bonds is 8. The number of anilines is 2. The molecule has 0 N–H and O–H groups in total. The smallest absolute Gasteiger partial charge is 0.143 e. The Hall–Kier alpha value is -7.68. The van der Waals surface area contributed by atoms with Crippen LogP contribution in [-0.4, -0.2) is 0 Å². The Bertz CT molecular complexity index is 3270. The van der Waals surface area contributed by atoms with Crippen molar-refractivity contribution < 1.29 is 4.42 Å². The number of para-hydroxylation sites is 1. The zero-order valence-corrected chi connectivity index (χ0v) is 32.4. The molecule has 2 heteroatoms. The average Bonchev–Trinajstić information content (AvgIpc) is 3.71. The predicted molar refractivity (Wildman–Crippen MR) is 249 cm³/mol. The summed E-state index contributed by atoms with van der Waals surface area (Å²) in [6.07, 6.45) is 0. The maximum absolute atomic E-state index is 6.84. The Labute approximate surface area is 343 Å². The Morgan fingerprint density at radius 1 is 0.305 bits per heavy atom. The molecule has 1 heterocycles. The predicted octanol–water partition coefficient (Wildman–Crippen LogP) is 15.9. The zero-order valence-electron chi connectivity index (χ0n) is 32.4. The Balaban J connectivity index is 0.984. The molecule has 278 valence electrons. The summed E-state index contributed by atoms with van der Waals surface area (Å²) < 4.78 is 6.84. The molecule has 0 atom stereocenters. The van der Waals surface area contributed by atoms with Gasteiger partial charge in [0.25, 0.3) is 0 Å². The van der Waals surface area contributed by atoms with Crippen LogP contribution in [-0.2, 0) is 6.54 Å². The van der Waals surface area contributed by atoms with Crippen molar-refractivity contribution in [3.63, 3.8) is 0 Å². The second-order valence-corrected chi connectivity index (χ2v) is 15.3. The number of nitrogens with zero attached hydrogens (tertiary/aromatic N) is 1. The van der Waals surface area contributed by atoms with Gasteiger partial charge in [-0.15, -0.1) is 0 Å². The summed E-state index contributed by atoms with van der Waals surface area (Å²) in [6.45, 7) is 0.663. The van der Waals surface area contributed by atoms with Crippen LogP contribution in [0.4, 0.5) is 11.4 Å². The van der Waals surface area contributed by atoms with Gasteiger partial charge in [0, 0.05) is 39.6 Å². The van der Waals surface area contributed by atoms with Gasteiger partial charge in [-0.3, -0.25) is 0 Å². The van der Waals surface area contributed by atoms with E-state index in [0.29, 0.717) is 6.54 Å². The van der Waals surface area contributed by atoms with Crippen LogP contribution in [0.25, 0.3) is 88.0 Å². The first-order valence-corrected chi connectivity index (χ1v) is 20.3. The highest BCUT2D eigenvalue weighted by molar-refractivity contribution is 6.17. The van der Waals surface area contributed by atoms with Crippen molar-refractivity contribution in [3.05, 3.63) is 230 Å². The first kappa shape index (κ1) is 34.6. The average molecular weight is 754 g/mol. The number of hydrogen-bond acceptors (Lipinski definition) is 2. The molecule has 0 unspecified atom stereocenters. The van der Waals surface area contributed by atoms with E-state index >= 15 is 0 Å². The molecule has 1 aromatic heterocycles. The molecule has 0 radical (unpaired) electrons. The molecule has 0 amide bonds. The molecule has 0 saturated heterocycles. The fourth-order valence-corrected chi connectivity index (χ4v) is 8.68. The molecule has 0 fully saturated rings. The lowest BCUT2D eigenvalue weighted by Crippen LogP contribution is -2.17. The van der Waals surface area contributed by atoms with E-state index in [9.17, 15) is 0 Å². The summed E-state index contributed by atoms with van der Waals surface area (Å²) in [4.78, 5) is 2.43. The monoisotopic (exact) mass is 753 g/mol. The largest absolute Gasteiger partial charge is 0.455 e. The maximum Gasteiger partial charge on any atom is 0.143 e. The van der Waals surface area contributed by atoms with Gasteiger partial charge < -0.3 is 9.32 Å². The number of fused-ring (bicyclic) bond motifs is 6. The minimum absolute atomic E-state index is 0.663. The van der Waals surface area contributed by atoms with E-state index in [-0.39, 0.29) is 0 Å². The highest BCUT2D eigenvalue weighted by Crippen LogP contribution is 2.41. The van der Waals surface area contributed by atoms with Crippen molar-refractivity contribution in [2.75, 3.05) is 4.90 Å². The SMILES string of the molecule is c1ccc(-c2ccc(-c3ccc(N(Cc4ccccc4-c4cccc5c4oc4c6ccccc6ccc54)c4ccc(-c5ccc6ccccc6c5)cc4)cc3)cc2)cc1. The van der Waals surface area contributed by atoms with Crippen LogP contribution in [0.1, 0.15) is 5.56 Å². The summed E-state index contributed by atoms with van der Waals surface area (Å²) in [5.41, 5.74) is 14.8. The molecule has 0 aliphatic rings. The molecule has 0 aliphatic carbocycles. The third-order valence-electron chi connectivity index (χ3n) is 11.8. The third kappa shape index (κ3) is 6.42. The summed E-state index contributed by atoms with van der Waals surface area (Å²) in [6, 6.07) is 80.9. The van der Waals surface area contributed by atoms with Gasteiger partial charge in [0.15, 0.2) is 0 Å². The molecule has 11 aromatic rings. The number of hydrogen-bond donors (Lipinski definition) is 0. The van der Waals surface area contributed by atoms with Crippen LogP contribution < -0.4 is 4.90 Å². The second kappa shape index (κ2) is 14.7. The number of benzene rings is 10. The van der Waals surface area contributed by atoms with Gasteiger partial charge in [-0.1, -0.05) is 188 Å². The molecular formula is C57H39NO. The minimum atomic E-state index is 0.663. The lowest BCUT2D eigenvalue weighted by atomic mass is 9.96. The molecule has 0 saturated carbocycles. The molecule has 59 heavy (non-hydrogen) atoms. The van der Waals surface area contributed by atoms with Crippen molar-refractivity contribution in [2.24, 2.45) is 0 Å². The van der Waals surface area contributed by atoms with Crippen LogP contribution in [0.2, 0.25) is 0 Å². The van der Waals surface area contributed by atoms with Crippen molar-refractivity contribution in [1.29, 1.82) is 0 Å². The van der Waals surface area contributed by atoms with Crippen LogP contribution in [0.3, 0.4) is 0 Å². The van der Waals surface area contributed by atoms with Crippen molar-refractivity contribution >= 4 is 54.9 Å². The topological polar surface area (TPSA) is 16.4 Å². The Kier molecular flexibility index (Phi) is 8.60. The lowest BCUT2D eigenvalue weighted by Gasteiger charge is -2.27. The highest BCUT2D eigenvalue weighted by Gasteiger charge is 2.19. The molecule has 2 nitrogen and oxygen atoms in total. The molecule has 0 bridgehead atoms. The second-order valence-electron chi connectivity index (χ2n) is 15.3. The quantitative estimate of drug-likeness (QED) is 0.154. The van der Waals surface area contributed by atoms with Gasteiger partial charge in [-0.25, -0.2) is 0 Å². The zero-order chi connectivity index (χ0) is 39.1. The van der Waals surface area contributed by atoms with E-state index in [0.717, 1.165) is 49.8 Å². The van der Waals surface area contributed by atoms with E-state index in [1.54, 1.807) is 0 Å². The van der Waals surface area contributed by atoms with Gasteiger partial charge in [0.1, 0.15) is 11.2 Å². The van der Waals surface area contributed by atoms with Crippen LogP contribution in [0.15, 0.2) is 229 Å². The maximum atomic E-state index is 6.84. The van der Waals surface area contributed by atoms with Gasteiger partial charge in [0.05, 0.1) is 0 Å². The van der Waals surface area contributed by atoms with Crippen molar-refractivity contribution in [2.45, 2.75) is 6.54 Å². The summed E-state index contributed by atoms with van der Waals surface area (Å²) in [5.74, 6) is 0. The summed E-state index contributed by atoms with van der Waals surface area (Å²) >= 11 is 0. The first-order chi connectivity index (χ1) is 29.2. The molecule has 11 rings (SSSR count). The van der Waals surface area contributed by atoms with E-state index < -0.39 is 0 Å². The summed E-state index contributed by atoms with van der Waals surface area (Å²) in [5, 5.41) is 7.08. The van der Waals surface area contributed by atoms with Crippen molar-refractivity contribution in [1.82, 2.24) is 0 Å². The lowest BCUT2D eigenvalue weighted by molar-refractivity contribution is 0.673. The summed E-state index contributed by atoms with van der Waals surface area (Å²) in [7, 11) is 0. The van der Waals surface area contributed by atoms with Crippen LogP contribution in [0, 0.1) is 0 Å². The van der Waals surface area contributed by atoms with E-state index in [4.69, 9.17) is 4.42 Å². The van der Waals surface area contributed by atoms with Gasteiger partial charge in [-0.05, 0) is 97.1 Å². The third-order valence-corrected chi connectivity index (χ3v) is 11.8. The number of furan rings is 1. The Morgan fingerprint density at radius 2 is 0.797 bits per heavy atom. The molecular weight excluding hydrogens is 715 g/mol. The normalized spacial score (nSPS) is 11.5. The van der Waals surface area contributed by atoms with Crippen LogP contribution in [0.5, 0.6) is 0 Å². The van der Waals surface area contributed by atoms with Gasteiger partial charge in [0.2, 0.25) is 0 Å². The molecule has 10 aromatic carbocycles. The van der Waals surface area contributed by atoms with E-state index in [2.05, 4.69) is 229 Å². The van der Waals surface area contributed by atoms with Crippen molar-refractivity contribution in [3.8, 4) is 44.5 Å². The standard InChI is InChI=1S/C57H39NO/c1-2-11-39(12-3-1)41-21-23-42(24-22-41)43-27-32-49(33-28-43)58(50-34-29-44(30-35-50)47-26-25-40-13-4-5-15-46(40)37-47)38-48-16-7-8-17-51(48)53-19-10-20-54-55-36-31-45-14-6-9-18-52(45)56(55)59-57(53)54/h1-37H,38H2. The minimum Gasteiger partial charge on any atom is -0.455 e.